The second-order valence-electron chi connectivity index (χ2n) is 21.4. The number of rotatable bonds is 27. The molecule has 2 aromatic carbocycles. The zero-order chi connectivity index (χ0) is 42.6. The zero-order valence-electron chi connectivity index (χ0n) is 41.1. The Morgan fingerprint density at radius 2 is 0.567 bits per heavy atom. The molecule has 0 radical (unpaired) electrons. The molecule has 0 unspecified atom stereocenters. The van der Waals surface area contributed by atoms with Crippen LogP contribution in [0.4, 0.5) is 0 Å². The fourth-order valence-electron chi connectivity index (χ4n) is 13.6. The third-order valence-electron chi connectivity index (χ3n) is 17.5. The van der Waals surface area contributed by atoms with E-state index in [-0.39, 0.29) is 0 Å². The Morgan fingerprint density at radius 1 is 0.333 bits per heavy atom. The van der Waals surface area contributed by atoms with Crippen LogP contribution >= 0.6 is 0 Å². The number of fused-ring (bicyclic) bond motifs is 4. The van der Waals surface area contributed by atoms with Crippen molar-refractivity contribution in [3.8, 4) is 0 Å². The van der Waals surface area contributed by atoms with Gasteiger partial charge in [-0.2, -0.15) is 0 Å². The van der Waals surface area contributed by atoms with Crippen molar-refractivity contribution in [1.29, 1.82) is 0 Å². The van der Waals surface area contributed by atoms with Crippen molar-refractivity contribution in [2.45, 2.75) is 283 Å². The van der Waals surface area contributed by atoms with Crippen molar-refractivity contribution >= 4 is 11.1 Å². The lowest BCUT2D eigenvalue weighted by atomic mass is 9.54. The molecule has 0 spiro atoms. The molecule has 0 aromatic heterocycles. The van der Waals surface area contributed by atoms with Crippen LogP contribution in [0.1, 0.15) is 293 Å². The number of hydrogen-bond donors (Lipinski definition) is 0. The first-order valence-corrected chi connectivity index (χ1v) is 27.0. The molecule has 334 valence electrons. The highest BCUT2D eigenvalue weighted by molar-refractivity contribution is 5.79. The van der Waals surface area contributed by atoms with Crippen LogP contribution in [0.15, 0.2) is 36.4 Å². The summed E-state index contributed by atoms with van der Waals surface area (Å²) in [4.78, 5) is 0. The fourth-order valence-corrected chi connectivity index (χ4v) is 13.6. The molecule has 0 heteroatoms. The van der Waals surface area contributed by atoms with Crippen LogP contribution in [0.25, 0.3) is 11.1 Å². The highest BCUT2D eigenvalue weighted by atomic mass is 14.5. The zero-order valence-corrected chi connectivity index (χ0v) is 41.1. The van der Waals surface area contributed by atoms with Gasteiger partial charge in [0.15, 0.2) is 0 Å². The van der Waals surface area contributed by atoms with E-state index in [1.807, 2.05) is 22.3 Å². The van der Waals surface area contributed by atoms with Crippen molar-refractivity contribution in [3.05, 3.63) is 80.9 Å². The molecule has 0 saturated heterocycles. The number of hydrogen-bond acceptors (Lipinski definition) is 0. The molecule has 0 amide bonds. The molecule has 0 bridgehead atoms. The first-order valence-electron chi connectivity index (χ1n) is 27.0. The maximum absolute atomic E-state index is 2.86. The molecule has 60 heavy (non-hydrogen) atoms. The SMILES string of the molecule is CCCCC1(CCCC)CCC(CCCC)(CCCC)c2cc3c(cc21)CC=C3CCC1=CCc2cc3c(cc21)C(CCCC)(CCCC)CCC3(CCCC)CCCC. The summed E-state index contributed by atoms with van der Waals surface area (Å²) in [7, 11) is 0. The van der Waals surface area contributed by atoms with Gasteiger partial charge in [0, 0.05) is 0 Å². The summed E-state index contributed by atoms with van der Waals surface area (Å²) < 4.78 is 0. The van der Waals surface area contributed by atoms with Crippen LogP contribution in [0.3, 0.4) is 0 Å². The van der Waals surface area contributed by atoms with Crippen molar-refractivity contribution in [2.24, 2.45) is 0 Å². The molecule has 0 atom stereocenters. The van der Waals surface area contributed by atoms with E-state index in [2.05, 4.69) is 91.8 Å². The van der Waals surface area contributed by atoms with E-state index in [0.717, 1.165) is 12.8 Å². The maximum Gasteiger partial charge on any atom is -0.00435 e. The van der Waals surface area contributed by atoms with Gasteiger partial charge in [-0.05, 0) is 180 Å². The smallest absolute Gasteiger partial charge is 0.00435 e. The van der Waals surface area contributed by atoms with Crippen LogP contribution in [-0.2, 0) is 34.5 Å². The van der Waals surface area contributed by atoms with E-state index in [1.165, 1.54) is 193 Å². The molecule has 6 rings (SSSR count). The minimum absolute atomic E-state index is 0.365. The van der Waals surface area contributed by atoms with E-state index in [0.29, 0.717) is 21.7 Å². The standard InChI is InChI=1S/C60H94/c1-9-17-31-57(32-18-10-2)39-41-59(35-21-13-5,36-22-14-6)55-45-51-47(27-29-49(51)43-53(55)57)25-26-48-28-30-50-44-54-56(46-52(48)50)60(37-23-15-7,38-24-16-8)42-40-58(54,33-19-11-3)34-20-12-4/h27-28,43-46H,9-26,29-42H2,1-8H3. The van der Waals surface area contributed by atoms with Crippen molar-refractivity contribution in [3.63, 3.8) is 0 Å². The molecular weight excluding hydrogens is 721 g/mol. The summed E-state index contributed by atoms with van der Waals surface area (Å²) in [6, 6.07) is 11.4. The van der Waals surface area contributed by atoms with Gasteiger partial charge in [0.25, 0.3) is 0 Å². The minimum atomic E-state index is 0.365. The van der Waals surface area contributed by atoms with Gasteiger partial charge in [0.1, 0.15) is 0 Å². The maximum atomic E-state index is 2.86. The Hall–Kier alpha value is -2.08. The van der Waals surface area contributed by atoms with Crippen LogP contribution in [0.5, 0.6) is 0 Å². The monoisotopic (exact) mass is 815 g/mol. The van der Waals surface area contributed by atoms with Gasteiger partial charge < -0.3 is 0 Å². The van der Waals surface area contributed by atoms with Gasteiger partial charge in [0.05, 0.1) is 0 Å². The fraction of sp³-hybridized carbons (Fsp3) is 0.733. The number of benzene rings is 2. The van der Waals surface area contributed by atoms with E-state index in [1.54, 1.807) is 33.4 Å². The Morgan fingerprint density at radius 3 is 0.800 bits per heavy atom. The van der Waals surface area contributed by atoms with Gasteiger partial charge in [0.2, 0.25) is 0 Å². The largest absolute Gasteiger partial charge is 0.0763 e. The summed E-state index contributed by atoms with van der Waals surface area (Å²) in [5.41, 5.74) is 18.7. The first kappa shape index (κ1) is 47.4. The van der Waals surface area contributed by atoms with Crippen LogP contribution in [-0.4, -0.2) is 0 Å². The Labute approximate surface area is 373 Å². The van der Waals surface area contributed by atoms with Crippen LogP contribution < -0.4 is 0 Å². The van der Waals surface area contributed by atoms with E-state index < -0.39 is 0 Å². The van der Waals surface area contributed by atoms with Crippen molar-refractivity contribution in [2.75, 3.05) is 0 Å². The lowest BCUT2D eigenvalue weighted by molar-refractivity contribution is 0.207. The Bertz CT molecular complexity index is 1560. The molecule has 0 N–H and O–H groups in total. The average Bonchev–Trinajstić information content (AvgIpc) is 3.88. The predicted octanol–water partition coefficient (Wildman–Crippen LogP) is 19.1. The molecule has 0 aliphatic heterocycles. The highest BCUT2D eigenvalue weighted by Crippen LogP contribution is 2.58. The van der Waals surface area contributed by atoms with Crippen LogP contribution in [0.2, 0.25) is 0 Å². The molecule has 0 saturated carbocycles. The van der Waals surface area contributed by atoms with Gasteiger partial charge in [-0.3, -0.25) is 0 Å². The van der Waals surface area contributed by atoms with E-state index >= 15 is 0 Å². The van der Waals surface area contributed by atoms with Gasteiger partial charge in [-0.1, -0.05) is 195 Å². The summed E-state index contributed by atoms with van der Waals surface area (Å²) in [5.74, 6) is 0. The summed E-state index contributed by atoms with van der Waals surface area (Å²) in [6.45, 7) is 19.4. The third kappa shape index (κ3) is 9.84. The highest BCUT2D eigenvalue weighted by Gasteiger charge is 2.48. The predicted molar refractivity (Wildman–Crippen MR) is 267 cm³/mol. The summed E-state index contributed by atoms with van der Waals surface area (Å²) >= 11 is 0. The lowest BCUT2D eigenvalue weighted by Crippen LogP contribution is -2.41. The van der Waals surface area contributed by atoms with E-state index in [9.17, 15) is 0 Å². The number of allylic oxidation sites excluding steroid dienone is 4. The normalized spacial score (nSPS) is 19.1. The molecule has 0 nitrogen and oxygen atoms in total. The number of unbranched alkanes of at least 4 members (excludes halogenated alkanes) is 8. The molecule has 0 heterocycles. The first-order chi connectivity index (χ1) is 29.3. The molecule has 2 aromatic rings. The van der Waals surface area contributed by atoms with Gasteiger partial charge in [-0.15, -0.1) is 0 Å². The second kappa shape index (κ2) is 22.0. The van der Waals surface area contributed by atoms with Crippen LogP contribution in [0, 0.1) is 0 Å². The molecule has 0 fully saturated rings. The summed E-state index contributed by atoms with van der Waals surface area (Å²) in [6.07, 6.45) is 48.2. The lowest BCUT2D eigenvalue weighted by Gasteiger charge is -2.50. The van der Waals surface area contributed by atoms with E-state index in [4.69, 9.17) is 0 Å². The Kier molecular flexibility index (Phi) is 17.4. The topological polar surface area (TPSA) is 0 Å². The molecule has 4 aliphatic rings. The molecular formula is C60H94. The van der Waals surface area contributed by atoms with Gasteiger partial charge >= 0.3 is 0 Å². The van der Waals surface area contributed by atoms with Crippen molar-refractivity contribution in [1.82, 2.24) is 0 Å². The molecule has 4 aliphatic carbocycles. The van der Waals surface area contributed by atoms with Crippen molar-refractivity contribution < 1.29 is 0 Å². The second-order valence-corrected chi connectivity index (χ2v) is 21.4. The average molecular weight is 815 g/mol. The quantitative estimate of drug-likeness (QED) is 0.0843. The third-order valence-corrected chi connectivity index (χ3v) is 17.5. The van der Waals surface area contributed by atoms with Gasteiger partial charge in [-0.25, -0.2) is 0 Å². The summed E-state index contributed by atoms with van der Waals surface area (Å²) in [5, 5.41) is 0. The Balaban J connectivity index is 1.36. The minimum Gasteiger partial charge on any atom is -0.0763 e.